The molecule has 16 aromatic rings. The Morgan fingerprint density at radius 1 is 0.208 bits per heavy atom. The Morgan fingerprint density at radius 2 is 0.623 bits per heavy atom. The highest BCUT2D eigenvalue weighted by molar-refractivity contribution is 7.99. The van der Waals surface area contributed by atoms with Crippen molar-refractivity contribution in [2.75, 3.05) is 4.90 Å². The molecule has 0 N–H and O–H groups in total. The molecular formula is C72H44N4S. The van der Waals surface area contributed by atoms with Gasteiger partial charge in [0, 0.05) is 64.9 Å². The molecule has 0 atom stereocenters. The fourth-order valence-electron chi connectivity index (χ4n) is 13.0. The number of hydrogen-bond donors (Lipinski definition) is 0. The first-order valence-electron chi connectivity index (χ1n) is 26.4. The minimum absolute atomic E-state index is 1.12. The van der Waals surface area contributed by atoms with E-state index in [0.717, 1.165) is 28.4 Å². The van der Waals surface area contributed by atoms with Gasteiger partial charge in [0.05, 0.1) is 44.5 Å². The summed E-state index contributed by atoms with van der Waals surface area (Å²) in [6.45, 7) is 0. The van der Waals surface area contributed by atoms with Crippen LogP contribution in [0.15, 0.2) is 277 Å². The number of nitrogens with zero attached hydrogens (tertiary/aromatic N) is 4. The van der Waals surface area contributed by atoms with E-state index in [1.165, 1.54) is 124 Å². The lowest BCUT2D eigenvalue weighted by atomic mass is 9.93. The van der Waals surface area contributed by atoms with Gasteiger partial charge < -0.3 is 18.6 Å². The average molecular weight is 997 g/mol. The molecule has 0 saturated carbocycles. The molecule has 0 saturated heterocycles. The third-order valence-corrected chi connectivity index (χ3v) is 17.4. The average Bonchev–Trinajstić information content (AvgIpc) is 4.13. The van der Waals surface area contributed by atoms with Gasteiger partial charge in [0.15, 0.2) is 0 Å². The van der Waals surface area contributed by atoms with Crippen LogP contribution in [0.4, 0.5) is 17.1 Å². The van der Waals surface area contributed by atoms with Crippen LogP contribution in [0.2, 0.25) is 0 Å². The zero-order valence-corrected chi connectivity index (χ0v) is 42.4. The van der Waals surface area contributed by atoms with Crippen molar-refractivity contribution in [2.45, 2.75) is 9.79 Å². The number of fused-ring (bicyclic) bond motifs is 17. The Hall–Kier alpha value is -9.81. The fraction of sp³-hybridized carbons (Fsp3) is 0. The molecule has 5 heteroatoms. The zero-order valence-electron chi connectivity index (χ0n) is 41.6. The maximum Gasteiger partial charge on any atom is 0.0622 e. The molecule has 4 heterocycles. The number of hydrogen-bond acceptors (Lipinski definition) is 2. The van der Waals surface area contributed by atoms with E-state index in [2.05, 4.69) is 286 Å². The number of para-hydroxylation sites is 5. The smallest absolute Gasteiger partial charge is 0.0622 e. The zero-order chi connectivity index (χ0) is 50.3. The van der Waals surface area contributed by atoms with Gasteiger partial charge in [0.1, 0.15) is 0 Å². The molecule has 0 fully saturated rings. The first kappa shape index (κ1) is 42.5. The summed E-state index contributed by atoms with van der Waals surface area (Å²) in [5.41, 5.74) is 16.4. The van der Waals surface area contributed by atoms with Crippen molar-refractivity contribution in [3.63, 3.8) is 0 Å². The third-order valence-electron chi connectivity index (χ3n) is 16.3. The minimum atomic E-state index is 1.12. The van der Waals surface area contributed by atoms with Crippen molar-refractivity contribution >= 4 is 127 Å². The maximum absolute atomic E-state index is 2.51. The van der Waals surface area contributed by atoms with Crippen LogP contribution in [0, 0.1) is 0 Å². The van der Waals surface area contributed by atoms with Crippen LogP contribution in [0.3, 0.4) is 0 Å². The van der Waals surface area contributed by atoms with Gasteiger partial charge in [-0.15, -0.1) is 0 Å². The lowest BCUT2D eigenvalue weighted by Crippen LogP contribution is -2.15. The van der Waals surface area contributed by atoms with Gasteiger partial charge in [-0.3, -0.25) is 0 Å². The minimum Gasteiger partial charge on any atom is -0.309 e. The molecule has 0 radical (unpaired) electrons. The molecule has 3 aromatic heterocycles. The van der Waals surface area contributed by atoms with E-state index < -0.39 is 0 Å². The van der Waals surface area contributed by atoms with Crippen LogP contribution in [0.5, 0.6) is 0 Å². The van der Waals surface area contributed by atoms with Crippen LogP contribution < -0.4 is 4.90 Å². The van der Waals surface area contributed by atoms with E-state index in [0.29, 0.717) is 0 Å². The van der Waals surface area contributed by atoms with Crippen LogP contribution in [0.25, 0.3) is 126 Å². The quantitative estimate of drug-likeness (QED) is 0.160. The molecule has 1 aliphatic rings. The van der Waals surface area contributed by atoms with Gasteiger partial charge in [0.25, 0.3) is 0 Å². The molecule has 0 spiro atoms. The Balaban J connectivity index is 0.897. The normalized spacial score (nSPS) is 12.6. The number of anilines is 3. The summed E-state index contributed by atoms with van der Waals surface area (Å²) in [6.07, 6.45) is 0. The second-order valence-corrected chi connectivity index (χ2v) is 21.5. The van der Waals surface area contributed by atoms with Crippen LogP contribution in [-0.2, 0) is 0 Å². The first-order chi connectivity index (χ1) is 38.2. The predicted octanol–water partition coefficient (Wildman–Crippen LogP) is 20.0. The second kappa shape index (κ2) is 16.3. The van der Waals surface area contributed by atoms with E-state index in [4.69, 9.17) is 0 Å². The monoisotopic (exact) mass is 996 g/mol. The summed E-state index contributed by atoms with van der Waals surface area (Å²) in [5, 5.41) is 15.0. The Labute approximate surface area is 447 Å². The first-order valence-corrected chi connectivity index (χ1v) is 27.2. The number of benzene rings is 13. The molecular weight excluding hydrogens is 953 g/mol. The second-order valence-electron chi connectivity index (χ2n) is 20.4. The van der Waals surface area contributed by atoms with E-state index in [1.807, 2.05) is 11.8 Å². The van der Waals surface area contributed by atoms with Gasteiger partial charge in [-0.1, -0.05) is 157 Å². The summed E-state index contributed by atoms with van der Waals surface area (Å²) < 4.78 is 7.31. The SMILES string of the molecule is c1ccc(-n2c3ccccc3c3cc(-c4ccc5c(c4)c4cc(N6c7ccccc7Sc7cc8c9cc%10c%11ccccc%11c%11ccccc%11c%10cc9n(-c9ccccc9)c8cc76)ccc4n5-c4ccccc4)ccc32)cc1. The van der Waals surface area contributed by atoms with Crippen molar-refractivity contribution < 1.29 is 0 Å². The summed E-state index contributed by atoms with van der Waals surface area (Å²) in [5.74, 6) is 0. The van der Waals surface area contributed by atoms with Gasteiger partial charge in [-0.25, -0.2) is 0 Å². The highest BCUT2D eigenvalue weighted by Crippen LogP contribution is 2.54. The van der Waals surface area contributed by atoms with E-state index in [1.54, 1.807) is 0 Å². The molecule has 0 amide bonds. The lowest BCUT2D eigenvalue weighted by Gasteiger charge is -2.33. The molecule has 13 aromatic carbocycles. The number of rotatable bonds is 5. The summed E-state index contributed by atoms with van der Waals surface area (Å²) >= 11 is 1.87. The lowest BCUT2D eigenvalue weighted by molar-refractivity contribution is 1.15. The van der Waals surface area contributed by atoms with Gasteiger partial charge in [0.2, 0.25) is 0 Å². The third kappa shape index (κ3) is 6.23. The van der Waals surface area contributed by atoms with Crippen LogP contribution in [-0.4, -0.2) is 13.7 Å². The molecule has 77 heavy (non-hydrogen) atoms. The largest absolute Gasteiger partial charge is 0.309 e. The highest BCUT2D eigenvalue weighted by atomic mass is 32.2. The molecule has 4 nitrogen and oxygen atoms in total. The van der Waals surface area contributed by atoms with Crippen LogP contribution >= 0.6 is 11.8 Å². The topological polar surface area (TPSA) is 18.0 Å². The van der Waals surface area contributed by atoms with E-state index >= 15 is 0 Å². The molecule has 0 unspecified atom stereocenters. The Morgan fingerprint density at radius 3 is 1.23 bits per heavy atom. The van der Waals surface area contributed by atoms with Crippen molar-refractivity contribution in [3.8, 4) is 28.2 Å². The van der Waals surface area contributed by atoms with Crippen molar-refractivity contribution in [3.05, 3.63) is 267 Å². The van der Waals surface area contributed by atoms with Crippen molar-refractivity contribution in [1.82, 2.24) is 13.7 Å². The number of aromatic nitrogens is 3. The van der Waals surface area contributed by atoms with E-state index in [-0.39, 0.29) is 0 Å². The predicted molar refractivity (Wildman–Crippen MR) is 326 cm³/mol. The molecule has 358 valence electrons. The van der Waals surface area contributed by atoms with Crippen molar-refractivity contribution in [1.29, 1.82) is 0 Å². The van der Waals surface area contributed by atoms with Gasteiger partial charge >= 0.3 is 0 Å². The Kier molecular flexibility index (Phi) is 9.03. The fourth-order valence-corrected chi connectivity index (χ4v) is 14.1. The molecule has 1 aliphatic heterocycles. The molecule has 17 rings (SSSR count). The van der Waals surface area contributed by atoms with Gasteiger partial charge in [-0.05, 0) is 165 Å². The maximum atomic E-state index is 2.51. The molecule has 0 bridgehead atoms. The van der Waals surface area contributed by atoms with Gasteiger partial charge in [-0.2, -0.15) is 0 Å². The Bertz CT molecular complexity index is 5130. The summed E-state index contributed by atoms with van der Waals surface area (Å²) in [7, 11) is 0. The van der Waals surface area contributed by atoms with E-state index in [9.17, 15) is 0 Å². The standard InChI is InChI=1S/C72H44N4S/c1-4-18-47(19-5-1)73-63-29-15-14-28-55(63)58-38-45(32-35-64(58)73)46-33-36-65-59(39-46)60-40-50(34-37-66(60)74(65)48-20-6-2-7-21-48)76-67-30-16-17-31-71(67)77-72-43-62-61-41-56-53-26-12-10-24-51(53)52-25-11-13-27-54(52)57(56)42-68(61)75(69(62)44-70(72)76)49-22-8-3-9-23-49/h1-44H. The van der Waals surface area contributed by atoms with Crippen molar-refractivity contribution in [2.24, 2.45) is 0 Å². The van der Waals surface area contributed by atoms with Crippen LogP contribution in [0.1, 0.15) is 0 Å². The highest BCUT2D eigenvalue weighted by Gasteiger charge is 2.29. The summed E-state index contributed by atoms with van der Waals surface area (Å²) in [4.78, 5) is 4.97. The summed E-state index contributed by atoms with van der Waals surface area (Å²) in [6, 6.07) is 98.9. The molecule has 0 aliphatic carbocycles.